The van der Waals surface area contributed by atoms with Gasteiger partial charge in [-0.2, -0.15) is 0 Å². The number of carbonyl (C=O) groups excluding carboxylic acids is 1. The van der Waals surface area contributed by atoms with Crippen molar-refractivity contribution in [3.8, 4) is 0 Å². The van der Waals surface area contributed by atoms with Crippen molar-refractivity contribution in [1.82, 2.24) is 5.32 Å². The second-order valence-electron chi connectivity index (χ2n) is 4.60. The topological polar surface area (TPSA) is 58.6 Å². The summed E-state index contributed by atoms with van der Waals surface area (Å²) >= 11 is 0. The summed E-state index contributed by atoms with van der Waals surface area (Å²) in [7, 11) is 1.37. The molecule has 0 aliphatic carbocycles. The lowest BCUT2D eigenvalue weighted by Gasteiger charge is -2.19. The van der Waals surface area contributed by atoms with Crippen LogP contribution in [0.5, 0.6) is 0 Å². The van der Waals surface area contributed by atoms with E-state index in [1.54, 1.807) is 12.1 Å². The van der Waals surface area contributed by atoms with Crippen molar-refractivity contribution < 1.29 is 14.6 Å². The zero-order valence-electron chi connectivity index (χ0n) is 11.1. The lowest BCUT2D eigenvalue weighted by Crippen LogP contribution is -2.36. The summed E-state index contributed by atoms with van der Waals surface area (Å²) in [5, 5.41) is 12.5. The number of rotatable bonds is 6. The van der Waals surface area contributed by atoms with E-state index >= 15 is 0 Å². The minimum absolute atomic E-state index is 0.0882. The van der Waals surface area contributed by atoms with Gasteiger partial charge in [-0.15, -0.1) is 0 Å². The Morgan fingerprint density at radius 3 is 2.39 bits per heavy atom. The fraction of sp³-hybridized carbons (Fsp3) is 0.500. The number of hydrogen-bond acceptors (Lipinski definition) is 4. The van der Waals surface area contributed by atoms with Crippen LogP contribution >= 0.6 is 0 Å². The number of aliphatic hydroxyl groups is 1. The van der Waals surface area contributed by atoms with E-state index in [2.05, 4.69) is 23.9 Å². The highest BCUT2D eigenvalue weighted by atomic mass is 16.5. The summed E-state index contributed by atoms with van der Waals surface area (Å²) in [6, 6.07) is 7.34. The normalized spacial score (nSPS) is 12.5. The molecule has 0 radical (unpaired) electrons. The average Bonchev–Trinajstić information content (AvgIpc) is 2.39. The van der Waals surface area contributed by atoms with E-state index in [1.807, 2.05) is 12.1 Å². The van der Waals surface area contributed by atoms with E-state index in [1.165, 1.54) is 7.11 Å². The van der Waals surface area contributed by atoms with Crippen molar-refractivity contribution in [3.05, 3.63) is 35.4 Å². The van der Waals surface area contributed by atoms with E-state index in [4.69, 9.17) is 0 Å². The lowest BCUT2D eigenvalue weighted by molar-refractivity contribution is 0.0600. The van der Waals surface area contributed by atoms with Crippen LogP contribution in [0.2, 0.25) is 0 Å². The summed E-state index contributed by atoms with van der Waals surface area (Å²) in [6.07, 6.45) is 0. The quantitative estimate of drug-likeness (QED) is 0.754. The second-order valence-corrected chi connectivity index (χ2v) is 4.60. The van der Waals surface area contributed by atoms with Crippen LogP contribution < -0.4 is 5.32 Å². The summed E-state index contributed by atoms with van der Waals surface area (Å²) in [5.41, 5.74) is 1.62. The van der Waals surface area contributed by atoms with Crippen LogP contribution in [0.3, 0.4) is 0 Å². The van der Waals surface area contributed by atoms with E-state index in [0.717, 1.165) is 5.56 Å². The van der Waals surface area contributed by atoms with E-state index in [9.17, 15) is 9.90 Å². The SMILES string of the molecule is COC(=O)c1ccc(CNC(CO)C(C)C)cc1. The predicted molar refractivity (Wildman–Crippen MR) is 70.3 cm³/mol. The Labute approximate surface area is 108 Å². The molecule has 1 aromatic rings. The van der Waals surface area contributed by atoms with Crippen molar-refractivity contribution in [2.45, 2.75) is 26.4 Å². The number of esters is 1. The molecular formula is C14H21NO3. The van der Waals surface area contributed by atoms with Crippen LogP contribution in [0.1, 0.15) is 29.8 Å². The number of hydrogen-bond donors (Lipinski definition) is 2. The summed E-state index contributed by atoms with van der Waals surface area (Å²) in [5.74, 6) is 0.0502. The van der Waals surface area contributed by atoms with Gasteiger partial charge in [-0.1, -0.05) is 26.0 Å². The highest BCUT2D eigenvalue weighted by Gasteiger charge is 2.11. The molecule has 1 unspecified atom stereocenters. The number of aliphatic hydroxyl groups excluding tert-OH is 1. The Morgan fingerprint density at radius 1 is 1.33 bits per heavy atom. The lowest BCUT2D eigenvalue weighted by atomic mass is 10.0. The van der Waals surface area contributed by atoms with E-state index in [-0.39, 0.29) is 18.6 Å². The molecule has 0 amide bonds. The Hall–Kier alpha value is -1.39. The number of benzene rings is 1. The monoisotopic (exact) mass is 251 g/mol. The molecule has 4 nitrogen and oxygen atoms in total. The van der Waals surface area contributed by atoms with Crippen molar-refractivity contribution in [2.24, 2.45) is 5.92 Å². The first-order valence-corrected chi connectivity index (χ1v) is 6.10. The fourth-order valence-electron chi connectivity index (χ4n) is 1.64. The van der Waals surface area contributed by atoms with Gasteiger partial charge in [0.05, 0.1) is 19.3 Å². The van der Waals surface area contributed by atoms with Gasteiger partial charge in [0.2, 0.25) is 0 Å². The van der Waals surface area contributed by atoms with Gasteiger partial charge in [0.15, 0.2) is 0 Å². The first-order chi connectivity index (χ1) is 8.58. The molecule has 0 aliphatic rings. The third kappa shape index (κ3) is 4.13. The van der Waals surface area contributed by atoms with Gasteiger partial charge in [-0.25, -0.2) is 4.79 Å². The molecule has 0 saturated heterocycles. The number of nitrogens with one attached hydrogen (secondary N) is 1. The third-order valence-corrected chi connectivity index (χ3v) is 2.94. The van der Waals surface area contributed by atoms with Gasteiger partial charge in [0, 0.05) is 12.6 Å². The largest absolute Gasteiger partial charge is 0.465 e. The summed E-state index contributed by atoms with van der Waals surface area (Å²) in [6.45, 7) is 4.92. The molecule has 0 aliphatic heterocycles. The fourth-order valence-corrected chi connectivity index (χ4v) is 1.64. The van der Waals surface area contributed by atoms with E-state index in [0.29, 0.717) is 18.0 Å². The van der Waals surface area contributed by atoms with Crippen LogP contribution in [0, 0.1) is 5.92 Å². The molecule has 100 valence electrons. The molecule has 0 heterocycles. The summed E-state index contributed by atoms with van der Waals surface area (Å²) < 4.78 is 4.64. The molecule has 0 aromatic heterocycles. The van der Waals surface area contributed by atoms with Crippen LogP contribution in [0.4, 0.5) is 0 Å². The minimum Gasteiger partial charge on any atom is -0.465 e. The maximum atomic E-state index is 11.3. The second kappa shape index (κ2) is 7.13. The maximum Gasteiger partial charge on any atom is 0.337 e. The molecule has 0 bridgehead atoms. The highest BCUT2D eigenvalue weighted by Crippen LogP contribution is 2.07. The zero-order valence-corrected chi connectivity index (χ0v) is 11.1. The number of ether oxygens (including phenoxy) is 1. The van der Waals surface area contributed by atoms with Gasteiger partial charge in [0.25, 0.3) is 0 Å². The maximum absolute atomic E-state index is 11.3. The third-order valence-electron chi connectivity index (χ3n) is 2.94. The average molecular weight is 251 g/mol. The molecule has 0 spiro atoms. The Morgan fingerprint density at radius 2 is 1.94 bits per heavy atom. The van der Waals surface area contributed by atoms with Crippen LogP contribution in [-0.2, 0) is 11.3 Å². The molecular weight excluding hydrogens is 230 g/mol. The molecule has 0 saturated carbocycles. The molecule has 4 heteroatoms. The van der Waals surface area contributed by atoms with Gasteiger partial charge in [0.1, 0.15) is 0 Å². The first kappa shape index (κ1) is 14.7. The Kier molecular flexibility index (Phi) is 5.82. The van der Waals surface area contributed by atoms with Gasteiger partial charge in [-0.05, 0) is 23.6 Å². The highest BCUT2D eigenvalue weighted by molar-refractivity contribution is 5.89. The number of carbonyl (C=O) groups is 1. The minimum atomic E-state index is -0.329. The molecule has 1 aromatic carbocycles. The van der Waals surface area contributed by atoms with Crippen LogP contribution in [0.25, 0.3) is 0 Å². The Balaban J connectivity index is 2.56. The number of methoxy groups -OCH3 is 1. The molecule has 1 atom stereocenters. The molecule has 0 fully saturated rings. The van der Waals surface area contributed by atoms with Crippen molar-refractivity contribution in [3.63, 3.8) is 0 Å². The molecule has 18 heavy (non-hydrogen) atoms. The van der Waals surface area contributed by atoms with Gasteiger partial charge >= 0.3 is 5.97 Å². The predicted octanol–water partition coefficient (Wildman–Crippen LogP) is 1.58. The molecule has 1 rings (SSSR count). The van der Waals surface area contributed by atoms with Crippen LogP contribution in [-0.4, -0.2) is 30.8 Å². The Bertz CT molecular complexity index is 373. The van der Waals surface area contributed by atoms with Crippen molar-refractivity contribution in [2.75, 3.05) is 13.7 Å². The molecule has 2 N–H and O–H groups in total. The van der Waals surface area contributed by atoms with Crippen molar-refractivity contribution >= 4 is 5.97 Å². The first-order valence-electron chi connectivity index (χ1n) is 6.10. The van der Waals surface area contributed by atoms with Gasteiger partial charge < -0.3 is 15.2 Å². The van der Waals surface area contributed by atoms with Gasteiger partial charge in [-0.3, -0.25) is 0 Å². The summed E-state index contributed by atoms with van der Waals surface area (Å²) in [4.78, 5) is 11.3. The zero-order chi connectivity index (χ0) is 13.5. The van der Waals surface area contributed by atoms with E-state index < -0.39 is 0 Å². The standard InChI is InChI=1S/C14H21NO3/c1-10(2)13(9-16)15-8-11-4-6-12(7-5-11)14(17)18-3/h4-7,10,13,15-16H,8-9H2,1-3H3. The smallest absolute Gasteiger partial charge is 0.337 e. The van der Waals surface area contributed by atoms with Crippen LogP contribution in [0.15, 0.2) is 24.3 Å². The van der Waals surface area contributed by atoms with Crippen molar-refractivity contribution in [1.29, 1.82) is 0 Å².